The summed E-state index contributed by atoms with van der Waals surface area (Å²) >= 11 is 4.17. The molecule has 1 aliphatic heterocycles. The number of hydrogen-bond acceptors (Lipinski definition) is 5. The van der Waals surface area contributed by atoms with E-state index in [4.69, 9.17) is 9.47 Å². The fraction of sp³-hybridized carbons (Fsp3) is 0.625. The Hall–Kier alpha value is -0.520. The monoisotopic (exact) mass is 327 g/mol. The summed E-state index contributed by atoms with van der Waals surface area (Å²) in [5.74, 6) is 6.76. The van der Waals surface area contributed by atoms with Gasteiger partial charge in [0.15, 0.2) is 11.5 Å². The standard InChI is InChI=1S/C16H25NO2S2/c1-17(14-12-20-10-11-21-13-14)8-5-9-19-16-7-4-3-6-15(16)18-2/h3-4,6-7,14H,5,8-13H2,1-2H3. The largest absolute Gasteiger partial charge is 0.493 e. The third-order valence-corrected chi connectivity index (χ3v) is 6.08. The first-order valence-corrected chi connectivity index (χ1v) is 9.73. The smallest absolute Gasteiger partial charge is 0.161 e. The molecular formula is C16H25NO2S2. The van der Waals surface area contributed by atoms with Crippen LogP contribution in [0.5, 0.6) is 11.5 Å². The molecule has 118 valence electrons. The van der Waals surface area contributed by atoms with Crippen LogP contribution in [0.15, 0.2) is 24.3 Å². The van der Waals surface area contributed by atoms with E-state index in [-0.39, 0.29) is 0 Å². The van der Waals surface area contributed by atoms with Crippen molar-refractivity contribution in [2.75, 3.05) is 50.3 Å². The number of hydrogen-bond donors (Lipinski definition) is 0. The van der Waals surface area contributed by atoms with Gasteiger partial charge >= 0.3 is 0 Å². The zero-order valence-corrected chi connectivity index (χ0v) is 14.5. The molecule has 0 aliphatic carbocycles. The Morgan fingerprint density at radius 3 is 2.48 bits per heavy atom. The Bertz CT molecular complexity index is 409. The fourth-order valence-electron chi connectivity index (χ4n) is 2.28. The summed E-state index contributed by atoms with van der Waals surface area (Å²) in [6.07, 6.45) is 1.04. The number of benzene rings is 1. The molecular weight excluding hydrogens is 302 g/mol. The number of para-hydroxylation sites is 2. The van der Waals surface area contributed by atoms with Crippen LogP contribution in [0.2, 0.25) is 0 Å². The van der Waals surface area contributed by atoms with Gasteiger partial charge < -0.3 is 14.4 Å². The molecule has 1 aromatic carbocycles. The van der Waals surface area contributed by atoms with E-state index < -0.39 is 0 Å². The topological polar surface area (TPSA) is 21.7 Å². The van der Waals surface area contributed by atoms with Crippen LogP contribution in [-0.4, -0.2) is 61.3 Å². The molecule has 21 heavy (non-hydrogen) atoms. The molecule has 0 N–H and O–H groups in total. The van der Waals surface area contributed by atoms with Crippen molar-refractivity contribution in [1.29, 1.82) is 0 Å². The molecule has 5 heteroatoms. The summed E-state index contributed by atoms with van der Waals surface area (Å²) < 4.78 is 11.1. The zero-order valence-electron chi connectivity index (χ0n) is 12.9. The zero-order chi connectivity index (χ0) is 14.9. The number of nitrogens with zero attached hydrogens (tertiary/aromatic N) is 1. The predicted molar refractivity (Wildman–Crippen MR) is 94.2 cm³/mol. The second-order valence-corrected chi connectivity index (χ2v) is 7.44. The summed E-state index contributed by atoms with van der Waals surface area (Å²) in [4.78, 5) is 2.48. The second-order valence-electron chi connectivity index (χ2n) is 5.14. The molecule has 0 bridgehead atoms. The van der Waals surface area contributed by atoms with Gasteiger partial charge in [-0.2, -0.15) is 23.5 Å². The van der Waals surface area contributed by atoms with Crippen LogP contribution in [0.25, 0.3) is 0 Å². The van der Waals surface area contributed by atoms with Crippen LogP contribution in [0.1, 0.15) is 6.42 Å². The van der Waals surface area contributed by atoms with E-state index in [0.717, 1.165) is 31.1 Å². The third-order valence-electron chi connectivity index (χ3n) is 3.60. The lowest BCUT2D eigenvalue weighted by Gasteiger charge is -2.26. The highest BCUT2D eigenvalue weighted by Gasteiger charge is 2.17. The van der Waals surface area contributed by atoms with E-state index in [9.17, 15) is 0 Å². The molecule has 1 saturated heterocycles. The lowest BCUT2D eigenvalue weighted by Crippen LogP contribution is -2.36. The van der Waals surface area contributed by atoms with Gasteiger partial charge in [-0.05, 0) is 25.6 Å². The minimum Gasteiger partial charge on any atom is -0.493 e. The van der Waals surface area contributed by atoms with Crippen molar-refractivity contribution >= 4 is 23.5 Å². The second kappa shape index (κ2) is 9.49. The molecule has 2 rings (SSSR count). The van der Waals surface area contributed by atoms with Crippen molar-refractivity contribution in [1.82, 2.24) is 4.90 Å². The highest BCUT2D eigenvalue weighted by Crippen LogP contribution is 2.26. The molecule has 1 aromatic rings. The van der Waals surface area contributed by atoms with Crippen molar-refractivity contribution in [3.63, 3.8) is 0 Å². The normalized spacial score (nSPS) is 16.7. The molecule has 1 heterocycles. The molecule has 0 aromatic heterocycles. The van der Waals surface area contributed by atoms with Gasteiger partial charge in [-0.3, -0.25) is 0 Å². The van der Waals surface area contributed by atoms with Crippen LogP contribution in [0, 0.1) is 0 Å². The first-order valence-electron chi connectivity index (χ1n) is 7.43. The van der Waals surface area contributed by atoms with Crippen molar-refractivity contribution in [2.24, 2.45) is 0 Å². The average Bonchev–Trinajstić information content (AvgIpc) is 2.81. The summed E-state index contributed by atoms with van der Waals surface area (Å²) in [6, 6.07) is 8.53. The first-order chi connectivity index (χ1) is 10.3. The summed E-state index contributed by atoms with van der Waals surface area (Å²) in [6.45, 7) is 1.82. The van der Waals surface area contributed by atoms with Crippen LogP contribution >= 0.6 is 23.5 Å². The van der Waals surface area contributed by atoms with Gasteiger partial charge in [0, 0.05) is 35.6 Å². The minimum absolute atomic E-state index is 0.703. The fourth-order valence-corrected chi connectivity index (χ4v) is 4.99. The van der Waals surface area contributed by atoms with E-state index in [1.54, 1.807) is 7.11 Å². The minimum atomic E-state index is 0.703. The number of ether oxygens (including phenoxy) is 2. The van der Waals surface area contributed by atoms with Gasteiger partial charge in [0.25, 0.3) is 0 Å². The molecule has 0 saturated carbocycles. The summed E-state index contributed by atoms with van der Waals surface area (Å²) in [5.41, 5.74) is 0. The van der Waals surface area contributed by atoms with E-state index in [0.29, 0.717) is 6.04 Å². The lowest BCUT2D eigenvalue weighted by atomic mass is 10.3. The van der Waals surface area contributed by atoms with Gasteiger partial charge in [0.05, 0.1) is 13.7 Å². The molecule has 3 nitrogen and oxygen atoms in total. The van der Waals surface area contributed by atoms with Crippen molar-refractivity contribution < 1.29 is 9.47 Å². The van der Waals surface area contributed by atoms with E-state index in [1.165, 1.54) is 23.0 Å². The van der Waals surface area contributed by atoms with E-state index in [2.05, 4.69) is 35.5 Å². The lowest BCUT2D eigenvalue weighted by molar-refractivity contribution is 0.233. The van der Waals surface area contributed by atoms with Crippen LogP contribution in [-0.2, 0) is 0 Å². The van der Waals surface area contributed by atoms with Gasteiger partial charge in [-0.15, -0.1) is 0 Å². The maximum absolute atomic E-state index is 5.83. The van der Waals surface area contributed by atoms with Crippen molar-refractivity contribution in [3.8, 4) is 11.5 Å². The number of methoxy groups -OCH3 is 1. The van der Waals surface area contributed by atoms with Crippen LogP contribution in [0.4, 0.5) is 0 Å². The Balaban J connectivity index is 1.69. The summed E-state index contributed by atoms with van der Waals surface area (Å²) in [7, 11) is 3.91. The Morgan fingerprint density at radius 1 is 1.14 bits per heavy atom. The summed E-state index contributed by atoms with van der Waals surface area (Å²) in [5, 5.41) is 0. The van der Waals surface area contributed by atoms with Gasteiger partial charge in [0.1, 0.15) is 0 Å². The van der Waals surface area contributed by atoms with E-state index >= 15 is 0 Å². The van der Waals surface area contributed by atoms with Crippen molar-refractivity contribution in [2.45, 2.75) is 12.5 Å². The molecule has 1 aliphatic rings. The molecule has 1 fully saturated rings. The van der Waals surface area contributed by atoms with Crippen LogP contribution in [0.3, 0.4) is 0 Å². The Kier molecular flexibility index (Phi) is 7.61. The maximum atomic E-state index is 5.83. The first kappa shape index (κ1) is 16.8. The third kappa shape index (κ3) is 5.64. The molecule has 0 unspecified atom stereocenters. The van der Waals surface area contributed by atoms with Gasteiger partial charge in [-0.25, -0.2) is 0 Å². The predicted octanol–water partition coefficient (Wildman–Crippen LogP) is 3.24. The van der Waals surface area contributed by atoms with Gasteiger partial charge in [0.2, 0.25) is 0 Å². The van der Waals surface area contributed by atoms with E-state index in [1.807, 2.05) is 24.3 Å². The Labute approximate surface area is 136 Å². The number of rotatable bonds is 7. The van der Waals surface area contributed by atoms with Crippen LogP contribution < -0.4 is 9.47 Å². The Morgan fingerprint density at radius 2 is 1.81 bits per heavy atom. The number of thioether (sulfide) groups is 2. The molecule has 0 atom stereocenters. The highest BCUT2D eigenvalue weighted by molar-refractivity contribution is 8.03. The molecule has 0 radical (unpaired) electrons. The maximum Gasteiger partial charge on any atom is 0.161 e. The van der Waals surface area contributed by atoms with Crippen molar-refractivity contribution in [3.05, 3.63) is 24.3 Å². The quantitative estimate of drug-likeness (QED) is 0.715. The highest BCUT2D eigenvalue weighted by atomic mass is 32.2. The molecule has 0 spiro atoms. The average molecular weight is 328 g/mol. The SMILES string of the molecule is COc1ccccc1OCCCN(C)C1CSCCSC1. The van der Waals surface area contributed by atoms with Gasteiger partial charge in [-0.1, -0.05) is 12.1 Å². The molecule has 0 amide bonds.